The van der Waals surface area contributed by atoms with Gasteiger partial charge >= 0.3 is 0 Å². The molecule has 1 N–H and O–H groups in total. The van der Waals surface area contributed by atoms with Crippen LogP contribution in [0.4, 0.5) is 4.39 Å². The third-order valence-corrected chi connectivity index (χ3v) is 5.09. The Balaban J connectivity index is 2.04. The summed E-state index contributed by atoms with van der Waals surface area (Å²) in [7, 11) is -2.22. The quantitative estimate of drug-likeness (QED) is 0.831. The number of rotatable bonds is 7. The van der Waals surface area contributed by atoms with Crippen molar-refractivity contribution in [2.24, 2.45) is 0 Å². The predicted octanol–water partition coefficient (Wildman–Crippen LogP) is 2.89. The molecule has 0 aromatic heterocycles. The number of halogens is 1. The number of aryl methyl sites for hydroxylation is 1. The fourth-order valence-electron chi connectivity index (χ4n) is 2.23. The molecule has 0 saturated heterocycles. The lowest BCUT2D eigenvalue weighted by Gasteiger charge is -2.17. The topological polar surface area (TPSA) is 64.6 Å². The molecule has 2 aromatic rings. The van der Waals surface area contributed by atoms with E-state index >= 15 is 0 Å². The SMILES string of the molecule is COc1ccccc1OC[C@H](C)NS(=O)(=O)c1ccc(F)cc1C. The molecule has 0 heterocycles. The van der Waals surface area contributed by atoms with Crippen molar-refractivity contribution in [3.8, 4) is 11.5 Å². The number of ether oxygens (including phenoxy) is 2. The number of hydrogen-bond donors (Lipinski definition) is 1. The molecule has 0 amide bonds. The normalized spacial score (nSPS) is 12.7. The summed E-state index contributed by atoms with van der Waals surface area (Å²) in [6, 6.07) is 10.2. The number of sulfonamides is 1. The molecule has 0 fully saturated rings. The molecule has 7 heteroatoms. The molecule has 1 atom stereocenters. The van der Waals surface area contributed by atoms with Crippen LogP contribution in [-0.4, -0.2) is 28.2 Å². The third-order valence-electron chi connectivity index (χ3n) is 3.34. The number of benzene rings is 2. The van der Waals surface area contributed by atoms with Gasteiger partial charge in [-0.3, -0.25) is 0 Å². The second-order valence-corrected chi connectivity index (χ2v) is 7.08. The lowest BCUT2D eigenvalue weighted by molar-refractivity contribution is 0.271. The van der Waals surface area contributed by atoms with Crippen molar-refractivity contribution in [1.82, 2.24) is 4.72 Å². The Labute approximate surface area is 141 Å². The zero-order valence-corrected chi connectivity index (χ0v) is 14.6. The van der Waals surface area contributed by atoms with Gasteiger partial charge in [0.05, 0.1) is 18.0 Å². The zero-order valence-electron chi connectivity index (χ0n) is 13.7. The molecule has 2 rings (SSSR count). The van der Waals surface area contributed by atoms with Gasteiger partial charge in [-0.15, -0.1) is 0 Å². The second kappa shape index (κ2) is 7.63. The molecule has 0 unspecified atom stereocenters. The molecule has 5 nitrogen and oxygen atoms in total. The third kappa shape index (κ3) is 4.46. The van der Waals surface area contributed by atoms with E-state index in [-0.39, 0.29) is 11.5 Å². The smallest absolute Gasteiger partial charge is 0.241 e. The Morgan fingerprint density at radius 1 is 1.17 bits per heavy atom. The molecule has 0 radical (unpaired) electrons. The van der Waals surface area contributed by atoms with Crippen molar-refractivity contribution >= 4 is 10.0 Å². The van der Waals surface area contributed by atoms with Crippen LogP contribution in [0.15, 0.2) is 47.4 Å². The summed E-state index contributed by atoms with van der Waals surface area (Å²) in [6.07, 6.45) is 0. The van der Waals surface area contributed by atoms with Crippen LogP contribution in [-0.2, 0) is 10.0 Å². The van der Waals surface area contributed by atoms with Gasteiger partial charge in [-0.1, -0.05) is 12.1 Å². The molecule has 130 valence electrons. The summed E-state index contributed by atoms with van der Waals surface area (Å²) in [5, 5.41) is 0. The molecule has 0 aliphatic rings. The maximum atomic E-state index is 13.1. The first-order chi connectivity index (χ1) is 11.3. The minimum absolute atomic E-state index is 0.0491. The van der Waals surface area contributed by atoms with E-state index in [0.717, 1.165) is 6.07 Å². The van der Waals surface area contributed by atoms with Crippen LogP contribution < -0.4 is 14.2 Å². The summed E-state index contributed by atoms with van der Waals surface area (Å²) < 4.78 is 51.2. The predicted molar refractivity (Wildman–Crippen MR) is 89.4 cm³/mol. The van der Waals surface area contributed by atoms with Crippen LogP contribution in [0.5, 0.6) is 11.5 Å². The standard InChI is InChI=1S/C17H20FNO4S/c1-12-10-14(18)8-9-17(12)24(20,21)19-13(2)11-23-16-7-5-4-6-15(16)22-3/h4-10,13,19H,11H2,1-3H3/t13-/m0/s1. The van der Waals surface area contributed by atoms with Crippen molar-refractivity contribution in [2.75, 3.05) is 13.7 Å². The van der Waals surface area contributed by atoms with Crippen LogP contribution in [0.2, 0.25) is 0 Å². The minimum Gasteiger partial charge on any atom is -0.493 e. The molecule has 0 spiro atoms. The van der Waals surface area contributed by atoms with Gasteiger partial charge in [-0.05, 0) is 49.7 Å². The van der Waals surface area contributed by atoms with Gasteiger partial charge in [0, 0.05) is 0 Å². The highest BCUT2D eigenvalue weighted by atomic mass is 32.2. The Morgan fingerprint density at radius 3 is 2.46 bits per heavy atom. The average molecular weight is 353 g/mol. The van der Waals surface area contributed by atoms with Crippen molar-refractivity contribution in [1.29, 1.82) is 0 Å². The van der Waals surface area contributed by atoms with Crippen LogP contribution in [0.3, 0.4) is 0 Å². The Morgan fingerprint density at radius 2 is 1.83 bits per heavy atom. The number of nitrogens with one attached hydrogen (secondary N) is 1. The summed E-state index contributed by atoms with van der Waals surface area (Å²) >= 11 is 0. The largest absolute Gasteiger partial charge is 0.493 e. The van der Waals surface area contributed by atoms with Crippen LogP contribution in [0.1, 0.15) is 12.5 Å². The van der Waals surface area contributed by atoms with E-state index in [4.69, 9.17) is 9.47 Å². The molecule has 0 bridgehead atoms. The van der Waals surface area contributed by atoms with E-state index in [9.17, 15) is 12.8 Å². The van der Waals surface area contributed by atoms with E-state index in [1.165, 1.54) is 19.2 Å². The Kier molecular flexibility index (Phi) is 5.80. The summed E-state index contributed by atoms with van der Waals surface area (Å²) in [5.74, 6) is 0.630. The number of para-hydroxylation sites is 2. The average Bonchev–Trinajstić information content (AvgIpc) is 2.52. The van der Waals surface area contributed by atoms with Gasteiger partial charge in [0.1, 0.15) is 12.4 Å². The van der Waals surface area contributed by atoms with Gasteiger partial charge in [-0.25, -0.2) is 17.5 Å². The van der Waals surface area contributed by atoms with E-state index in [1.54, 1.807) is 32.0 Å². The fraction of sp³-hybridized carbons (Fsp3) is 0.294. The minimum atomic E-state index is -3.75. The molecule has 24 heavy (non-hydrogen) atoms. The maximum Gasteiger partial charge on any atom is 0.241 e. The number of methoxy groups -OCH3 is 1. The highest BCUT2D eigenvalue weighted by molar-refractivity contribution is 7.89. The summed E-state index contributed by atoms with van der Waals surface area (Å²) in [5.41, 5.74) is 0.348. The lowest BCUT2D eigenvalue weighted by Crippen LogP contribution is -2.37. The van der Waals surface area contributed by atoms with Crippen LogP contribution >= 0.6 is 0 Å². The molecule has 0 saturated carbocycles. The fourth-order valence-corrected chi connectivity index (χ4v) is 3.68. The molecular formula is C17H20FNO4S. The van der Waals surface area contributed by atoms with Crippen molar-refractivity contribution in [3.05, 3.63) is 53.8 Å². The number of hydrogen-bond acceptors (Lipinski definition) is 4. The van der Waals surface area contributed by atoms with Crippen molar-refractivity contribution in [2.45, 2.75) is 24.8 Å². The lowest BCUT2D eigenvalue weighted by atomic mass is 10.2. The van der Waals surface area contributed by atoms with E-state index in [0.29, 0.717) is 17.1 Å². The highest BCUT2D eigenvalue weighted by Crippen LogP contribution is 2.26. The molecule has 2 aromatic carbocycles. The first-order valence-corrected chi connectivity index (χ1v) is 8.86. The maximum absolute atomic E-state index is 13.1. The Bertz CT molecular complexity index is 808. The first-order valence-electron chi connectivity index (χ1n) is 7.38. The second-order valence-electron chi connectivity index (χ2n) is 5.39. The van der Waals surface area contributed by atoms with Crippen molar-refractivity contribution < 1.29 is 22.3 Å². The van der Waals surface area contributed by atoms with Gasteiger partial charge in [0.2, 0.25) is 10.0 Å². The Hall–Kier alpha value is -2.12. The van der Waals surface area contributed by atoms with Gasteiger partial charge < -0.3 is 9.47 Å². The van der Waals surface area contributed by atoms with Crippen LogP contribution in [0, 0.1) is 12.7 Å². The zero-order chi connectivity index (χ0) is 17.7. The first kappa shape index (κ1) is 18.2. The molecular weight excluding hydrogens is 333 g/mol. The van der Waals surface area contributed by atoms with E-state index < -0.39 is 21.9 Å². The van der Waals surface area contributed by atoms with Gasteiger partial charge in [0.15, 0.2) is 11.5 Å². The van der Waals surface area contributed by atoms with E-state index in [2.05, 4.69) is 4.72 Å². The van der Waals surface area contributed by atoms with Gasteiger partial charge in [-0.2, -0.15) is 0 Å². The molecule has 0 aliphatic heterocycles. The monoisotopic (exact) mass is 353 g/mol. The summed E-state index contributed by atoms with van der Waals surface area (Å²) in [6.45, 7) is 3.36. The molecule has 0 aliphatic carbocycles. The van der Waals surface area contributed by atoms with Crippen molar-refractivity contribution in [3.63, 3.8) is 0 Å². The van der Waals surface area contributed by atoms with Crippen LogP contribution in [0.25, 0.3) is 0 Å². The van der Waals surface area contributed by atoms with E-state index in [1.807, 2.05) is 6.07 Å². The highest BCUT2D eigenvalue weighted by Gasteiger charge is 2.20. The van der Waals surface area contributed by atoms with Gasteiger partial charge in [0.25, 0.3) is 0 Å². The summed E-state index contributed by atoms with van der Waals surface area (Å²) in [4.78, 5) is 0.0491.